The van der Waals surface area contributed by atoms with Crippen molar-refractivity contribution in [2.24, 2.45) is 5.92 Å². The molecule has 1 saturated carbocycles. The van der Waals surface area contributed by atoms with Crippen molar-refractivity contribution in [3.8, 4) is 0 Å². The average molecular weight is 373 g/mol. The maximum absolute atomic E-state index is 12.9. The molecule has 1 aromatic heterocycles. The van der Waals surface area contributed by atoms with E-state index in [4.69, 9.17) is 9.47 Å². The number of carbonyl (C=O) groups is 3. The van der Waals surface area contributed by atoms with Crippen molar-refractivity contribution in [3.05, 3.63) is 29.1 Å². The number of pyridine rings is 1. The molecule has 26 heavy (non-hydrogen) atoms. The van der Waals surface area contributed by atoms with Crippen molar-refractivity contribution in [2.75, 3.05) is 20.3 Å². The minimum Gasteiger partial charge on any atom is -0.382 e. The van der Waals surface area contributed by atoms with Crippen LogP contribution in [0.1, 0.15) is 41.0 Å². The zero-order valence-electron chi connectivity index (χ0n) is 14.1. The number of carbonyl (C=O) groups excluding carboxylic acids is 3. The van der Waals surface area contributed by atoms with Gasteiger partial charge in [-0.1, -0.05) is 0 Å². The lowest BCUT2D eigenvalue weighted by atomic mass is 9.81. The van der Waals surface area contributed by atoms with Gasteiger partial charge < -0.3 is 9.47 Å². The van der Waals surface area contributed by atoms with E-state index >= 15 is 0 Å². The Kier molecular flexibility index (Phi) is 6.60. The van der Waals surface area contributed by atoms with Gasteiger partial charge in [-0.2, -0.15) is 13.2 Å². The molecule has 6 nitrogen and oxygen atoms in total. The quantitative estimate of drug-likeness (QED) is 0.415. The van der Waals surface area contributed by atoms with Crippen LogP contribution in [0.3, 0.4) is 0 Å². The van der Waals surface area contributed by atoms with Gasteiger partial charge in [-0.15, -0.1) is 0 Å². The summed E-state index contributed by atoms with van der Waals surface area (Å²) in [6.45, 7) is -0.0748. The predicted octanol–water partition coefficient (Wildman–Crippen LogP) is 2.38. The van der Waals surface area contributed by atoms with Crippen LogP contribution in [0.4, 0.5) is 13.2 Å². The van der Waals surface area contributed by atoms with E-state index in [9.17, 15) is 27.6 Å². The summed E-state index contributed by atoms with van der Waals surface area (Å²) in [7, 11) is 1.43. The Morgan fingerprint density at radius 2 is 1.85 bits per heavy atom. The number of nitrogens with zero attached hydrogens (tertiary/aromatic N) is 1. The average Bonchev–Trinajstić information content (AvgIpc) is 2.57. The molecular weight excluding hydrogens is 355 g/mol. The first-order valence-electron chi connectivity index (χ1n) is 7.99. The van der Waals surface area contributed by atoms with Gasteiger partial charge in [0.25, 0.3) is 0 Å². The molecule has 0 unspecified atom stereocenters. The Hall–Kier alpha value is -2.13. The predicted molar refractivity (Wildman–Crippen MR) is 82.5 cm³/mol. The lowest BCUT2D eigenvalue weighted by Gasteiger charge is -2.20. The summed E-state index contributed by atoms with van der Waals surface area (Å²) in [5, 5.41) is 0. The Labute approximate surface area is 147 Å². The standard InChI is InChI=1S/C17H18F3NO5/c1-25-7-8-26-9-11-10(5-6-14(21-11)17(18,19)20)16(24)15-12(22)3-2-4-13(15)23/h5-6,15H,2-4,7-9H2,1H3. The van der Waals surface area contributed by atoms with E-state index < -0.39 is 35.1 Å². The smallest absolute Gasteiger partial charge is 0.382 e. The van der Waals surface area contributed by atoms with Crippen LogP contribution in [-0.4, -0.2) is 42.7 Å². The monoisotopic (exact) mass is 373 g/mol. The molecule has 1 heterocycles. The number of rotatable bonds is 7. The number of alkyl halides is 3. The summed E-state index contributed by atoms with van der Waals surface area (Å²) in [4.78, 5) is 40.1. The van der Waals surface area contributed by atoms with E-state index in [-0.39, 0.29) is 43.9 Å². The van der Waals surface area contributed by atoms with Gasteiger partial charge in [0.05, 0.1) is 25.5 Å². The molecule has 0 radical (unpaired) electrons. The molecular formula is C17H18F3NO5. The maximum atomic E-state index is 12.9. The summed E-state index contributed by atoms with van der Waals surface area (Å²) >= 11 is 0. The summed E-state index contributed by atoms with van der Waals surface area (Å²) in [5.74, 6) is -3.33. The van der Waals surface area contributed by atoms with E-state index in [1.54, 1.807) is 0 Å². The van der Waals surface area contributed by atoms with Gasteiger partial charge in [0.1, 0.15) is 11.6 Å². The molecule has 0 atom stereocenters. The molecule has 1 aliphatic rings. The van der Waals surface area contributed by atoms with E-state index in [0.29, 0.717) is 12.5 Å². The van der Waals surface area contributed by atoms with Crippen molar-refractivity contribution in [2.45, 2.75) is 32.0 Å². The number of halogens is 3. The molecule has 1 aliphatic carbocycles. The molecule has 0 aromatic carbocycles. The molecule has 0 amide bonds. The van der Waals surface area contributed by atoms with Gasteiger partial charge in [-0.3, -0.25) is 14.4 Å². The Morgan fingerprint density at radius 3 is 2.42 bits per heavy atom. The lowest BCUT2D eigenvalue weighted by Crippen LogP contribution is -2.36. The molecule has 1 aromatic rings. The molecule has 0 saturated heterocycles. The number of ketones is 3. The van der Waals surface area contributed by atoms with Crippen molar-refractivity contribution in [3.63, 3.8) is 0 Å². The second kappa shape index (κ2) is 8.50. The highest BCUT2D eigenvalue weighted by molar-refractivity contribution is 6.25. The van der Waals surface area contributed by atoms with Gasteiger partial charge in [0, 0.05) is 25.5 Å². The number of ether oxygens (including phenoxy) is 2. The minimum absolute atomic E-state index is 0.0867. The minimum atomic E-state index is -4.70. The molecule has 0 spiro atoms. The van der Waals surface area contributed by atoms with Gasteiger partial charge in [0.2, 0.25) is 0 Å². The van der Waals surface area contributed by atoms with Crippen molar-refractivity contribution >= 4 is 17.3 Å². The van der Waals surface area contributed by atoms with Gasteiger partial charge in [-0.05, 0) is 18.6 Å². The molecule has 0 aliphatic heterocycles. The van der Waals surface area contributed by atoms with Crippen LogP contribution in [0.2, 0.25) is 0 Å². The number of hydrogen-bond acceptors (Lipinski definition) is 6. The first-order valence-corrected chi connectivity index (χ1v) is 7.99. The van der Waals surface area contributed by atoms with Crippen molar-refractivity contribution in [1.29, 1.82) is 0 Å². The van der Waals surface area contributed by atoms with E-state index in [1.165, 1.54) is 7.11 Å². The normalized spacial score (nSPS) is 16.2. The van der Waals surface area contributed by atoms with Crippen LogP contribution in [0.15, 0.2) is 12.1 Å². The molecule has 142 valence electrons. The van der Waals surface area contributed by atoms with Crippen LogP contribution < -0.4 is 0 Å². The topological polar surface area (TPSA) is 82.6 Å². The second-order valence-electron chi connectivity index (χ2n) is 5.82. The van der Waals surface area contributed by atoms with Crippen LogP contribution in [0, 0.1) is 5.92 Å². The third kappa shape index (κ3) is 4.73. The Bertz CT molecular complexity index is 686. The first kappa shape index (κ1) is 20.2. The zero-order valence-corrected chi connectivity index (χ0v) is 14.1. The van der Waals surface area contributed by atoms with Gasteiger partial charge >= 0.3 is 6.18 Å². The lowest BCUT2D eigenvalue weighted by molar-refractivity contribution is -0.141. The van der Waals surface area contributed by atoms with E-state index in [0.717, 1.165) is 6.07 Å². The highest BCUT2D eigenvalue weighted by Crippen LogP contribution is 2.30. The van der Waals surface area contributed by atoms with Gasteiger partial charge in [-0.25, -0.2) is 4.98 Å². The highest BCUT2D eigenvalue weighted by atomic mass is 19.4. The Balaban J connectivity index is 2.34. The third-order valence-electron chi connectivity index (χ3n) is 3.95. The van der Waals surface area contributed by atoms with Crippen molar-refractivity contribution in [1.82, 2.24) is 4.98 Å². The number of hydrogen-bond donors (Lipinski definition) is 0. The number of methoxy groups -OCH3 is 1. The fraction of sp³-hybridized carbons (Fsp3) is 0.529. The summed E-state index contributed by atoms with van der Waals surface area (Å²) < 4.78 is 48.7. The molecule has 9 heteroatoms. The Morgan fingerprint density at radius 1 is 1.19 bits per heavy atom. The largest absolute Gasteiger partial charge is 0.433 e. The zero-order chi connectivity index (χ0) is 19.3. The number of aromatic nitrogens is 1. The summed E-state index contributed by atoms with van der Waals surface area (Å²) in [6.07, 6.45) is -4.13. The second-order valence-corrected chi connectivity index (χ2v) is 5.82. The van der Waals surface area contributed by atoms with Crippen LogP contribution in [0.25, 0.3) is 0 Å². The molecule has 0 bridgehead atoms. The maximum Gasteiger partial charge on any atom is 0.433 e. The van der Waals surface area contributed by atoms with E-state index in [2.05, 4.69) is 4.98 Å². The molecule has 2 rings (SSSR count). The third-order valence-corrected chi connectivity index (χ3v) is 3.95. The van der Waals surface area contributed by atoms with Crippen LogP contribution in [0.5, 0.6) is 0 Å². The molecule has 1 fully saturated rings. The highest BCUT2D eigenvalue weighted by Gasteiger charge is 2.39. The van der Waals surface area contributed by atoms with Gasteiger partial charge in [0.15, 0.2) is 17.3 Å². The summed E-state index contributed by atoms with van der Waals surface area (Å²) in [6, 6.07) is 1.60. The van der Waals surface area contributed by atoms with Crippen LogP contribution in [-0.2, 0) is 31.8 Å². The van der Waals surface area contributed by atoms with E-state index in [1.807, 2.05) is 0 Å². The fourth-order valence-corrected chi connectivity index (χ4v) is 2.66. The first-order chi connectivity index (χ1) is 12.3. The van der Waals surface area contributed by atoms with Crippen LogP contribution >= 0.6 is 0 Å². The summed E-state index contributed by atoms with van der Waals surface area (Å²) in [5.41, 5.74) is -1.64. The fourth-order valence-electron chi connectivity index (χ4n) is 2.66. The SMILES string of the molecule is COCCOCc1nc(C(F)(F)F)ccc1C(=O)C1C(=O)CCCC1=O. The van der Waals surface area contributed by atoms with Crippen molar-refractivity contribution < 1.29 is 37.0 Å². The molecule has 0 N–H and O–H groups in total. The number of Topliss-reactive ketones (excluding diaryl/α,β-unsaturated/α-hetero) is 3.